The number of phenols is 1. The Kier molecular flexibility index (Phi) is 9.39. The zero-order valence-electron chi connectivity index (χ0n) is 33.4. The van der Waals surface area contributed by atoms with E-state index in [4.69, 9.17) is 0 Å². The van der Waals surface area contributed by atoms with Crippen molar-refractivity contribution in [1.82, 2.24) is 0 Å². The molecule has 3 N–H and O–H groups in total. The van der Waals surface area contributed by atoms with E-state index in [-0.39, 0.29) is 27.9 Å². The summed E-state index contributed by atoms with van der Waals surface area (Å²) in [6, 6.07) is 33.9. The molecular formula is C51H48N2O4. The number of anilines is 2. The first-order valence-electron chi connectivity index (χ1n) is 19.5. The highest BCUT2D eigenvalue weighted by Crippen LogP contribution is 2.52. The molecule has 6 heteroatoms. The first-order valence-corrected chi connectivity index (χ1v) is 19.5. The van der Waals surface area contributed by atoms with E-state index in [1.807, 2.05) is 44.4 Å². The van der Waals surface area contributed by atoms with Crippen LogP contribution in [0.5, 0.6) is 5.75 Å². The number of aromatic hydroxyl groups is 1. The van der Waals surface area contributed by atoms with Gasteiger partial charge in [0.25, 0.3) is 0 Å². The van der Waals surface area contributed by atoms with Crippen molar-refractivity contribution in [3.05, 3.63) is 160 Å². The quantitative estimate of drug-likeness (QED) is 0.101. The van der Waals surface area contributed by atoms with Crippen molar-refractivity contribution in [2.24, 2.45) is 5.41 Å². The number of carboxylic acid groups (broad SMARTS) is 1. The molecule has 0 unspecified atom stereocenters. The Morgan fingerprint density at radius 3 is 2.30 bits per heavy atom. The predicted octanol–water partition coefficient (Wildman–Crippen LogP) is 12.1. The molecule has 0 amide bonds. The van der Waals surface area contributed by atoms with Gasteiger partial charge in [0.2, 0.25) is 0 Å². The van der Waals surface area contributed by atoms with Crippen LogP contribution >= 0.6 is 0 Å². The molecule has 0 aliphatic heterocycles. The number of carboxylic acids is 1. The Morgan fingerprint density at radius 2 is 1.56 bits per heavy atom. The number of allylic oxidation sites excluding steroid dienone is 5. The van der Waals surface area contributed by atoms with E-state index in [9.17, 15) is 19.8 Å². The molecule has 286 valence electrons. The summed E-state index contributed by atoms with van der Waals surface area (Å²) in [5.74, 6) is -1.77. The maximum atomic E-state index is 14.4. The molecule has 0 saturated heterocycles. The van der Waals surface area contributed by atoms with Crippen LogP contribution in [0.2, 0.25) is 0 Å². The number of carbonyl (C=O) groups is 2. The molecule has 6 aromatic carbocycles. The summed E-state index contributed by atoms with van der Waals surface area (Å²) in [6.45, 7) is 10.0. The summed E-state index contributed by atoms with van der Waals surface area (Å²) >= 11 is 0. The van der Waals surface area contributed by atoms with Gasteiger partial charge in [-0.25, -0.2) is 4.79 Å². The maximum absolute atomic E-state index is 14.4. The molecule has 2 aliphatic carbocycles. The van der Waals surface area contributed by atoms with Gasteiger partial charge >= 0.3 is 5.97 Å². The van der Waals surface area contributed by atoms with Gasteiger partial charge in [-0.15, -0.1) is 0 Å². The highest BCUT2D eigenvalue weighted by molar-refractivity contribution is 6.19. The standard InChI is InChI=1S/C51H48N2O4/c1-50(2)24-23-38-36(28-50)29-51(3,4)48-41(38)21-16-34-26-35(27-43(46(34)48)52-30-32-11-17-37(18-12-32)53(5)6)40-20-15-33-9-7-8-10-39(33)47(40)44(54)22-14-31-13-19-42(49(56)57)45(55)25-31/h7-27,52,55H,28-30H2,1-6H3,(H,56,57). The molecule has 2 aliphatic rings. The number of rotatable bonds is 9. The number of aromatic carboxylic acids is 1. The normalized spacial score (nSPS) is 15.5. The fraction of sp³-hybridized carbons (Fsp3) is 0.216. The van der Waals surface area contributed by atoms with E-state index in [0.29, 0.717) is 17.7 Å². The Bertz CT molecular complexity index is 2710. The van der Waals surface area contributed by atoms with Gasteiger partial charge < -0.3 is 20.4 Å². The Labute approximate surface area is 334 Å². The van der Waals surface area contributed by atoms with Crippen LogP contribution in [0.1, 0.15) is 83.5 Å². The molecule has 0 spiro atoms. The third-order valence-corrected chi connectivity index (χ3v) is 11.6. The van der Waals surface area contributed by atoms with E-state index in [0.717, 1.165) is 51.5 Å². The topological polar surface area (TPSA) is 89.9 Å². The van der Waals surface area contributed by atoms with E-state index < -0.39 is 5.97 Å². The Balaban J connectivity index is 1.30. The van der Waals surface area contributed by atoms with Crippen molar-refractivity contribution in [2.45, 2.75) is 52.5 Å². The van der Waals surface area contributed by atoms with Gasteiger partial charge in [0, 0.05) is 43.0 Å². The number of benzene rings is 6. The van der Waals surface area contributed by atoms with Crippen LogP contribution in [0.4, 0.5) is 11.4 Å². The second-order valence-electron chi connectivity index (χ2n) is 17.1. The van der Waals surface area contributed by atoms with E-state index in [2.05, 4.69) is 105 Å². The van der Waals surface area contributed by atoms with E-state index in [1.54, 1.807) is 12.1 Å². The van der Waals surface area contributed by atoms with Crippen molar-refractivity contribution in [2.75, 3.05) is 24.3 Å². The molecule has 0 aromatic heterocycles. The van der Waals surface area contributed by atoms with Crippen molar-refractivity contribution in [3.8, 4) is 16.9 Å². The number of fused-ring (bicyclic) bond motifs is 5. The molecule has 6 aromatic rings. The van der Waals surface area contributed by atoms with Crippen molar-refractivity contribution < 1.29 is 19.8 Å². The fourth-order valence-corrected chi connectivity index (χ4v) is 8.85. The number of carbonyl (C=O) groups excluding carboxylic acids is 1. The van der Waals surface area contributed by atoms with Gasteiger partial charge in [0.05, 0.1) is 0 Å². The molecule has 0 fully saturated rings. The van der Waals surface area contributed by atoms with Crippen LogP contribution in [0.25, 0.3) is 44.3 Å². The van der Waals surface area contributed by atoms with Crippen LogP contribution in [0.15, 0.2) is 127 Å². The molecule has 0 heterocycles. The average molecular weight is 753 g/mol. The second-order valence-corrected chi connectivity index (χ2v) is 17.1. The van der Waals surface area contributed by atoms with Crippen LogP contribution < -0.4 is 10.2 Å². The van der Waals surface area contributed by atoms with Gasteiger partial charge in [0.15, 0.2) is 5.78 Å². The zero-order chi connectivity index (χ0) is 40.2. The van der Waals surface area contributed by atoms with E-state index in [1.165, 1.54) is 51.4 Å². The van der Waals surface area contributed by atoms with E-state index >= 15 is 0 Å². The summed E-state index contributed by atoms with van der Waals surface area (Å²) in [4.78, 5) is 28.0. The highest BCUT2D eigenvalue weighted by atomic mass is 16.4. The first-order chi connectivity index (χ1) is 27.2. The van der Waals surface area contributed by atoms with Gasteiger partial charge in [0.1, 0.15) is 11.3 Å². The lowest BCUT2D eigenvalue weighted by molar-refractivity contribution is 0.0693. The summed E-state index contributed by atoms with van der Waals surface area (Å²) < 4.78 is 0. The third kappa shape index (κ3) is 7.12. The largest absolute Gasteiger partial charge is 0.507 e. The predicted molar refractivity (Wildman–Crippen MR) is 236 cm³/mol. The van der Waals surface area contributed by atoms with Gasteiger partial charge in [-0.05, 0) is 121 Å². The van der Waals surface area contributed by atoms with Crippen molar-refractivity contribution in [3.63, 3.8) is 0 Å². The lowest BCUT2D eigenvalue weighted by Gasteiger charge is -2.40. The maximum Gasteiger partial charge on any atom is 0.339 e. The zero-order valence-corrected chi connectivity index (χ0v) is 33.4. The number of nitrogens with one attached hydrogen (secondary N) is 1. The lowest BCUT2D eigenvalue weighted by atomic mass is 9.64. The summed E-state index contributed by atoms with van der Waals surface area (Å²) in [5, 5.41) is 27.6. The first kappa shape index (κ1) is 37.5. The summed E-state index contributed by atoms with van der Waals surface area (Å²) in [6.07, 6.45) is 9.86. The molecule has 57 heavy (non-hydrogen) atoms. The number of ketones is 1. The van der Waals surface area contributed by atoms with Crippen molar-refractivity contribution >= 4 is 56.3 Å². The van der Waals surface area contributed by atoms with Gasteiger partial charge in [-0.2, -0.15) is 0 Å². The number of hydrogen-bond acceptors (Lipinski definition) is 5. The molecule has 0 saturated carbocycles. The van der Waals surface area contributed by atoms with Gasteiger partial charge in [-0.1, -0.05) is 118 Å². The van der Waals surface area contributed by atoms with Crippen LogP contribution in [0, 0.1) is 5.41 Å². The molecule has 8 rings (SSSR count). The molecule has 6 nitrogen and oxygen atoms in total. The Hall–Kier alpha value is -6.40. The third-order valence-electron chi connectivity index (χ3n) is 11.6. The van der Waals surface area contributed by atoms with Crippen LogP contribution in [-0.2, 0) is 12.0 Å². The smallest absolute Gasteiger partial charge is 0.339 e. The SMILES string of the molecule is CN(C)c1ccc(CNc2cc(-c3ccc4ccccc4c3C(=O)C=Cc3ccc(C(=O)O)c(O)c3)cc3ccc4c(c23)C(C)(C)CC2=C4C=CC(C)(C)C2)cc1. The number of hydrogen-bond donors (Lipinski definition) is 3. The second kappa shape index (κ2) is 14.3. The van der Waals surface area contributed by atoms with Crippen molar-refractivity contribution in [1.29, 1.82) is 0 Å². The minimum absolute atomic E-state index is 0.119. The van der Waals surface area contributed by atoms with Gasteiger partial charge in [-0.3, -0.25) is 4.79 Å². The Morgan fingerprint density at radius 1 is 0.825 bits per heavy atom. The average Bonchev–Trinajstić information content (AvgIpc) is 3.17. The molecule has 0 radical (unpaired) electrons. The van der Waals surface area contributed by atoms with Crippen LogP contribution in [-0.4, -0.2) is 36.1 Å². The number of nitrogens with zero attached hydrogens (tertiary/aromatic N) is 1. The lowest BCUT2D eigenvalue weighted by Crippen LogP contribution is -2.28. The minimum atomic E-state index is -1.22. The molecule has 0 bridgehead atoms. The monoisotopic (exact) mass is 752 g/mol. The minimum Gasteiger partial charge on any atom is -0.507 e. The molecule has 0 atom stereocenters. The van der Waals surface area contributed by atoms with Crippen LogP contribution in [0.3, 0.4) is 0 Å². The highest BCUT2D eigenvalue weighted by Gasteiger charge is 2.37. The fourth-order valence-electron chi connectivity index (χ4n) is 8.85. The summed E-state index contributed by atoms with van der Waals surface area (Å²) in [5.41, 5.74) is 11.5. The summed E-state index contributed by atoms with van der Waals surface area (Å²) in [7, 11) is 4.09. The molecular weight excluding hydrogens is 705 g/mol.